The van der Waals surface area contributed by atoms with E-state index in [1.165, 1.54) is 0 Å². The molecular weight excluding hydrogens is 372 g/mol. The molecule has 3 rings (SSSR count). The molecule has 0 saturated carbocycles. The Morgan fingerprint density at radius 1 is 1.17 bits per heavy atom. The normalized spacial score (nSPS) is 14.5. The lowest BCUT2D eigenvalue weighted by molar-refractivity contribution is -0.136. The lowest BCUT2D eigenvalue weighted by Crippen LogP contribution is -2.41. The molecule has 0 fully saturated rings. The first-order valence-electron chi connectivity index (χ1n) is 11.4. The molecule has 0 unspecified atom stereocenters. The van der Waals surface area contributed by atoms with Crippen LogP contribution < -0.4 is 4.90 Å². The highest BCUT2D eigenvalue weighted by Crippen LogP contribution is 2.31. The average Bonchev–Trinajstić information content (AvgIpc) is 2.78. The summed E-state index contributed by atoms with van der Waals surface area (Å²) in [7, 11) is 2.08. The second-order valence-electron chi connectivity index (χ2n) is 8.62. The highest BCUT2D eigenvalue weighted by molar-refractivity contribution is 5.79. The molecular formula is C25H36N4O. The van der Waals surface area contributed by atoms with Gasteiger partial charge in [-0.2, -0.15) is 0 Å². The summed E-state index contributed by atoms with van der Waals surface area (Å²) < 4.78 is 0. The summed E-state index contributed by atoms with van der Waals surface area (Å²) in [5, 5.41) is 0. The molecule has 0 N–H and O–H groups in total. The van der Waals surface area contributed by atoms with Crippen molar-refractivity contribution in [2.75, 3.05) is 18.5 Å². The SMILES string of the molecule is CCCC[C@@H](CC)C(=O)N1CCc2nc(-c3ccccc3)nc(N(C)C(C)C)c2C1. The van der Waals surface area contributed by atoms with E-state index in [1.54, 1.807) is 0 Å². The number of aromatic nitrogens is 2. The van der Waals surface area contributed by atoms with Crippen LogP contribution in [0.15, 0.2) is 30.3 Å². The molecule has 1 aliphatic rings. The summed E-state index contributed by atoms with van der Waals surface area (Å²) in [5.74, 6) is 2.14. The predicted molar refractivity (Wildman–Crippen MR) is 123 cm³/mol. The third kappa shape index (κ3) is 4.82. The molecule has 5 nitrogen and oxygen atoms in total. The van der Waals surface area contributed by atoms with E-state index in [0.29, 0.717) is 18.5 Å². The molecule has 0 radical (unpaired) electrons. The van der Waals surface area contributed by atoms with E-state index in [1.807, 2.05) is 23.1 Å². The highest BCUT2D eigenvalue weighted by Gasteiger charge is 2.30. The maximum atomic E-state index is 13.2. The summed E-state index contributed by atoms with van der Waals surface area (Å²) in [5.41, 5.74) is 3.22. The second-order valence-corrected chi connectivity index (χ2v) is 8.62. The van der Waals surface area contributed by atoms with E-state index in [-0.39, 0.29) is 5.92 Å². The second kappa shape index (κ2) is 10.1. The van der Waals surface area contributed by atoms with Crippen LogP contribution in [0.5, 0.6) is 0 Å². The molecule has 1 aromatic heterocycles. The maximum Gasteiger partial charge on any atom is 0.225 e. The van der Waals surface area contributed by atoms with E-state index in [2.05, 4.69) is 51.8 Å². The van der Waals surface area contributed by atoms with Crippen LogP contribution in [-0.4, -0.2) is 40.4 Å². The van der Waals surface area contributed by atoms with Gasteiger partial charge in [0.25, 0.3) is 0 Å². The number of hydrogen-bond acceptors (Lipinski definition) is 4. The van der Waals surface area contributed by atoms with Gasteiger partial charge in [-0.3, -0.25) is 4.79 Å². The summed E-state index contributed by atoms with van der Waals surface area (Å²) >= 11 is 0. The summed E-state index contributed by atoms with van der Waals surface area (Å²) in [6.45, 7) is 10.00. The Morgan fingerprint density at radius 2 is 1.90 bits per heavy atom. The number of unbranched alkanes of at least 4 members (excludes halogenated alkanes) is 1. The lowest BCUT2D eigenvalue weighted by atomic mass is 9.96. The Bertz CT molecular complexity index is 850. The van der Waals surface area contributed by atoms with Crippen molar-refractivity contribution >= 4 is 11.7 Å². The number of carbonyl (C=O) groups is 1. The first kappa shape index (κ1) is 22.3. The third-order valence-corrected chi connectivity index (χ3v) is 6.24. The quantitative estimate of drug-likeness (QED) is 0.610. The van der Waals surface area contributed by atoms with Crippen LogP contribution in [0.3, 0.4) is 0 Å². The van der Waals surface area contributed by atoms with Crippen molar-refractivity contribution in [1.29, 1.82) is 0 Å². The number of anilines is 1. The number of fused-ring (bicyclic) bond motifs is 1. The largest absolute Gasteiger partial charge is 0.357 e. The van der Waals surface area contributed by atoms with Gasteiger partial charge in [0.05, 0.1) is 12.2 Å². The van der Waals surface area contributed by atoms with Crippen molar-refractivity contribution in [1.82, 2.24) is 14.9 Å². The van der Waals surface area contributed by atoms with Crippen LogP contribution in [0.4, 0.5) is 5.82 Å². The van der Waals surface area contributed by atoms with Gasteiger partial charge in [0.2, 0.25) is 5.91 Å². The van der Waals surface area contributed by atoms with Gasteiger partial charge in [-0.25, -0.2) is 9.97 Å². The highest BCUT2D eigenvalue weighted by atomic mass is 16.2. The van der Waals surface area contributed by atoms with Crippen LogP contribution in [0, 0.1) is 5.92 Å². The van der Waals surface area contributed by atoms with Gasteiger partial charge in [-0.15, -0.1) is 0 Å². The van der Waals surface area contributed by atoms with Gasteiger partial charge in [0, 0.05) is 43.1 Å². The van der Waals surface area contributed by atoms with Crippen LogP contribution >= 0.6 is 0 Å². The van der Waals surface area contributed by atoms with Crippen LogP contribution in [0.2, 0.25) is 0 Å². The molecule has 1 aliphatic heterocycles. The van der Waals surface area contributed by atoms with Crippen molar-refractivity contribution in [3.05, 3.63) is 41.6 Å². The topological polar surface area (TPSA) is 49.3 Å². The first-order chi connectivity index (χ1) is 14.5. The fraction of sp³-hybridized carbons (Fsp3) is 0.560. The summed E-state index contributed by atoms with van der Waals surface area (Å²) in [6.07, 6.45) is 4.92. The minimum atomic E-state index is 0.127. The molecule has 0 bridgehead atoms. The zero-order valence-corrected chi connectivity index (χ0v) is 19.2. The van der Waals surface area contributed by atoms with Gasteiger partial charge in [0.1, 0.15) is 5.82 Å². The third-order valence-electron chi connectivity index (χ3n) is 6.24. The van der Waals surface area contributed by atoms with Gasteiger partial charge in [0.15, 0.2) is 5.82 Å². The molecule has 0 spiro atoms. The Balaban J connectivity index is 1.95. The monoisotopic (exact) mass is 408 g/mol. The fourth-order valence-electron chi connectivity index (χ4n) is 4.05. The van der Waals surface area contributed by atoms with Crippen LogP contribution in [-0.2, 0) is 17.8 Å². The van der Waals surface area contributed by atoms with Crippen molar-refractivity contribution in [3.8, 4) is 11.4 Å². The van der Waals surface area contributed by atoms with E-state index < -0.39 is 0 Å². The average molecular weight is 409 g/mol. The van der Waals surface area contributed by atoms with Gasteiger partial charge in [-0.05, 0) is 26.7 Å². The zero-order chi connectivity index (χ0) is 21.7. The minimum Gasteiger partial charge on any atom is -0.357 e. The fourth-order valence-corrected chi connectivity index (χ4v) is 4.05. The Labute approximate surface area is 181 Å². The number of hydrogen-bond donors (Lipinski definition) is 0. The number of nitrogens with zero attached hydrogens (tertiary/aromatic N) is 4. The Hall–Kier alpha value is -2.43. The molecule has 1 atom stereocenters. The zero-order valence-electron chi connectivity index (χ0n) is 19.2. The maximum absolute atomic E-state index is 13.2. The lowest BCUT2D eigenvalue weighted by Gasteiger charge is -2.34. The molecule has 162 valence electrons. The molecule has 0 aliphatic carbocycles. The van der Waals surface area contributed by atoms with Crippen molar-refractivity contribution in [3.63, 3.8) is 0 Å². The molecule has 0 saturated heterocycles. The van der Waals surface area contributed by atoms with E-state index >= 15 is 0 Å². The van der Waals surface area contributed by atoms with E-state index in [4.69, 9.17) is 9.97 Å². The standard InChI is InChI=1S/C25H36N4O/c1-6-8-12-19(7-2)25(30)29-16-15-22-21(17-29)24(28(5)18(3)4)27-23(26-22)20-13-10-9-11-14-20/h9-11,13-14,18-19H,6-8,12,15-17H2,1-5H3/t19-/m1/s1. The minimum absolute atomic E-state index is 0.127. The Morgan fingerprint density at radius 3 is 2.53 bits per heavy atom. The van der Waals surface area contributed by atoms with E-state index in [0.717, 1.165) is 67.1 Å². The summed E-state index contributed by atoms with van der Waals surface area (Å²) in [4.78, 5) is 27.3. The van der Waals surface area contributed by atoms with Gasteiger partial charge < -0.3 is 9.80 Å². The predicted octanol–water partition coefficient (Wildman–Crippen LogP) is 5.09. The molecule has 1 amide bonds. The molecule has 2 heterocycles. The first-order valence-corrected chi connectivity index (χ1v) is 11.4. The Kier molecular flexibility index (Phi) is 7.46. The number of rotatable bonds is 8. The number of carbonyl (C=O) groups excluding carboxylic acids is 1. The van der Waals surface area contributed by atoms with Crippen molar-refractivity contribution in [2.45, 2.75) is 72.4 Å². The smallest absolute Gasteiger partial charge is 0.225 e. The number of amides is 1. The van der Waals surface area contributed by atoms with Gasteiger partial charge in [-0.1, -0.05) is 57.0 Å². The van der Waals surface area contributed by atoms with Crippen LogP contribution in [0.25, 0.3) is 11.4 Å². The van der Waals surface area contributed by atoms with Crippen molar-refractivity contribution < 1.29 is 4.79 Å². The number of benzene rings is 1. The van der Waals surface area contributed by atoms with Gasteiger partial charge >= 0.3 is 0 Å². The molecule has 1 aromatic carbocycles. The van der Waals surface area contributed by atoms with E-state index in [9.17, 15) is 4.79 Å². The molecule has 5 heteroatoms. The summed E-state index contributed by atoms with van der Waals surface area (Å²) in [6, 6.07) is 10.5. The van der Waals surface area contributed by atoms with Crippen molar-refractivity contribution in [2.24, 2.45) is 5.92 Å². The molecule has 2 aromatic rings. The molecule has 30 heavy (non-hydrogen) atoms. The van der Waals surface area contributed by atoms with Crippen LogP contribution in [0.1, 0.15) is 64.6 Å².